The van der Waals surface area contributed by atoms with E-state index in [1.165, 1.54) is 24.2 Å². The fourth-order valence-electron chi connectivity index (χ4n) is 2.28. The lowest BCUT2D eigenvalue weighted by Crippen LogP contribution is -2.17. The first kappa shape index (κ1) is 14.3. The highest BCUT2D eigenvalue weighted by Crippen LogP contribution is 2.31. The Morgan fingerprint density at radius 3 is 2.86 bits per heavy atom. The van der Waals surface area contributed by atoms with Gasteiger partial charge in [0.05, 0.1) is 0 Å². The van der Waals surface area contributed by atoms with Crippen LogP contribution < -0.4 is 16.0 Å². The number of benzene rings is 1. The molecule has 2 aromatic rings. The number of rotatable bonds is 3. The third-order valence-electron chi connectivity index (χ3n) is 3.31. The van der Waals surface area contributed by atoms with E-state index in [2.05, 4.69) is 31.1 Å². The standard InChI is InChI=1S/C14H15BrN4OS/c15-9-4-3-5-10(8-9)17-13(20)11-12(16)18-14(21-11)19-6-1-2-7-19/h3-5,8H,1-2,6-7,16H2,(H,17,20). The molecule has 0 spiro atoms. The normalized spacial score (nSPS) is 14.4. The van der Waals surface area contributed by atoms with Gasteiger partial charge in [-0.1, -0.05) is 33.3 Å². The summed E-state index contributed by atoms with van der Waals surface area (Å²) >= 11 is 4.73. The highest BCUT2D eigenvalue weighted by atomic mass is 79.9. The molecule has 1 amide bonds. The number of hydrogen-bond acceptors (Lipinski definition) is 5. The van der Waals surface area contributed by atoms with E-state index in [1.807, 2.05) is 24.3 Å². The number of nitrogens with one attached hydrogen (secondary N) is 1. The van der Waals surface area contributed by atoms with Crippen molar-refractivity contribution in [2.75, 3.05) is 29.0 Å². The Labute approximate surface area is 135 Å². The van der Waals surface area contributed by atoms with Crippen molar-refractivity contribution in [1.29, 1.82) is 0 Å². The molecule has 1 aliphatic rings. The van der Waals surface area contributed by atoms with Crippen molar-refractivity contribution >= 4 is 49.8 Å². The van der Waals surface area contributed by atoms with Crippen molar-refractivity contribution in [3.8, 4) is 0 Å². The molecule has 3 N–H and O–H groups in total. The number of carbonyl (C=O) groups is 1. The van der Waals surface area contributed by atoms with Crippen LogP contribution in [0.2, 0.25) is 0 Å². The number of aromatic nitrogens is 1. The highest BCUT2D eigenvalue weighted by molar-refractivity contribution is 9.10. The third kappa shape index (κ3) is 3.19. The van der Waals surface area contributed by atoms with Crippen molar-refractivity contribution < 1.29 is 4.79 Å². The first-order valence-corrected chi connectivity index (χ1v) is 8.32. The molecule has 1 saturated heterocycles. The molecule has 0 bridgehead atoms. The summed E-state index contributed by atoms with van der Waals surface area (Å²) in [5, 5.41) is 3.68. The van der Waals surface area contributed by atoms with Gasteiger partial charge in [0.1, 0.15) is 10.7 Å². The maximum Gasteiger partial charge on any atom is 0.269 e. The zero-order valence-corrected chi connectivity index (χ0v) is 13.7. The molecule has 1 aromatic heterocycles. The molecule has 0 radical (unpaired) electrons. The molecule has 1 aliphatic heterocycles. The van der Waals surface area contributed by atoms with E-state index in [0.29, 0.717) is 10.7 Å². The Morgan fingerprint density at radius 1 is 1.38 bits per heavy atom. The number of carbonyl (C=O) groups excluding carboxylic acids is 1. The van der Waals surface area contributed by atoms with Crippen LogP contribution in [-0.4, -0.2) is 24.0 Å². The lowest BCUT2D eigenvalue weighted by Gasteiger charge is -2.11. The Hall–Kier alpha value is -1.60. The quantitative estimate of drug-likeness (QED) is 0.873. The zero-order chi connectivity index (χ0) is 14.8. The van der Waals surface area contributed by atoms with Gasteiger partial charge >= 0.3 is 0 Å². The van der Waals surface area contributed by atoms with Gasteiger partial charge < -0.3 is 16.0 Å². The van der Waals surface area contributed by atoms with Gasteiger partial charge in [0.15, 0.2) is 5.13 Å². The summed E-state index contributed by atoms with van der Waals surface area (Å²) in [4.78, 5) is 19.3. The molecule has 1 aromatic carbocycles. The van der Waals surface area contributed by atoms with Crippen LogP contribution in [-0.2, 0) is 0 Å². The van der Waals surface area contributed by atoms with Gasteiger partial charge in [-0.3, -0.25) is 4.79 Å². The summed E-state index contributed by atoms with van der Waals surface area (Å²) in [6, 6.07) is 7.45. The van der Waals surface area contributed by atoms with Crippen LogP contribution in [0, 0.1) is 0 Å². The summed E-state index contributed by atoms with van der Waals surface area (Å²) in [7, 11) is 0. The minimum atomic E-state index is -0.214. The smallest absolute Gasteiger partial charge is 0.269 e. The minimum Gasteiger partial charge on any atom is -0.382 e. The Balaban J connectivity index is 1.78. The van der Waals surface area contributed by atoms with Crippen LogP contribution >= 0.6 is 27.3 Å². The molecule has 0 aliphatic carbocycles. The van der Waals surface area contributed by atoms with Gasteiger partial charge in [0.25, 0.3) is 5.91 Å². The Bertz CT molecular complexity index is 667. The topological polar surface area (TPSA) is 71.2 Å². The van der Waals surface area contributed by atoms with Crippen LogP contribution in [0.5, 0.6) is 0 Å². The summed E-state index contributed by atoms with van der Waals surface area (Å²) in [5.74, 6) is 0.0861. The van der Waals surface area contributed by atoms with Crippen LogP contribution in [0.1, 0.15) is 22.5 Å². The lowest BCUT2D eigenvalue weighted by atomic mass is 10.3. The Morgan fingerprint density at radius 2 is 2.14 bits per heavy atom. The van der Waals surface area contributed by atoms with Gasteiger partial charge in [-0.2, -0.15) is 0 Å². The van der Waals surface area contributed by atoms with E-state index in [4.69, 9.17) is 5.73 Å². The molecule has 0 saturated carbocycles. The molecule has 110 valence electrons. The number of hydrogen-bond donors (Lipinski definition) is 2. The molecule has 0 unspecified atom stereocenters. The second-order valence-electron chi connectivity index (χ2n) is 4.87. The molecule has 2 heterocycles. The van der Waals surface area contributed by atoms with Gasteiger partial charge in [-0.05, 0) is 31.0 Å². The van der Waals surface area contributed by atoms with Gasteiger partial charge in [0, 0.05) is 23.2 Å². The van der Waals surface area contributed by atoms with E-state index in [1.54, 1.807) is 0 Å². The summed E-state index contributed by atoms with van der Waals surface area (Å²) in [6.07, 6.45) is 2.33. The van der Waals surface area contributed by atoms with Crippen molar-refractivity contribution in [3.05, 3.63) is 33.6 Å². The van der Waals surface area contributed by atoms with Gasteiger partial charge in [-0.15, -0.1) is 0 Å². The zero-order valence-electron chi connectivity index (χ0n) is 11.3. The van der Waals surface area contributed by atoms with Crippen LogP contribution in [0.15, 0.2) is 28.7 Å². The SMILES string of the molecule is Nc1nc(N2CCCC2)sc1C(=O)Nc1cccc(Br)c1. The number of nitrogens with two attached hydrogens (primary N) is 1. The monoisotopic (exact) mass is 366 g/mol. The minimum absolute atomic E-state index is 0.214. The first-order chi connectivity index (χ1) is 10.1. The van der Waals surface area contributed by atoms with E-state index in [0.717, 1.165) is 28.4 Å². The number of nitrogen functional groups attached to an aromatic ring is 1. The van der Waals surface area contributed by atoms with E-state index in [-0.39, 0.29) is 5.91 Å². The lowest BCUT2D eigenvalue weighted by molar-refractivity contribution is 0.103. The molecule has 0 atom stereocenters. The van der Waals surface area contributed by atoms with Gasteiger partial charge in [-0.25, -0.2) is 4.98 Å². The predicted molar refractivity (Wildman–Crippen MR) is 90.1 cm³/mol. The maximum absolute atomic E-state index is 12.3. The summed E-state index contributed by atoms with van der Waals surface area (Å²) in [5.41, 5.74) is 6.62. The first-order valence-electron chi connectivity index (χ1n) is 6.71. The molecule has 7 heteroatoms. The van der Waals surface area contributed by atoms with Crippen LogP contribution in [0.4, 0.5) is 16.6 Å². The number of amides is 1. The predicted octanol–water partition coefficient (Wildman–Crippen LogP) is 3.34. The number of nitrogens with zero attached hydrogens (tertiary/aromatic N) is 2. The van der Waals surface area contributed by atoms with E-state index in [9.17, 15) is 4.79 Å². The molecular weight excluding hydrogens is 352 g/mol. The average molecular weight is 367 g/mol. The van der Waals surface area contributed by atoms with E-state index < -0.39 is 0 Å². The fourth-order valence-corrected chi connectivity index (χ4v) is 3.61. The maximum atomic E-state index is 12.3. The Kier molecular flexibility index (Phi) is 4.12. The highest BCUT2D eigenvalue weighted by Gasteiger charge is 2.21. The number of anilines is 3. The third-order valence-corrected chi connectivity index (χ3v) is 4.93. The van der Waals surface area contributed by atoms with Crippen LogP contribution in [0.3, 0.4) is 0 Å². The molecular formula is C14H15BrN4OS. The summed E-state index contributed by atoms with van der Waals surface area (Å²) < 4.78 is 0.912. The van der Waals surface area contributed by atoms with Crippen LogP contribution in [0.25, 0.3) is 0 Å². The van der Waals surface area contributed by atoms with Crippen molar-refractivity contribution in [2.24, 2.45) is 0 Å². The molecule has 3 rings (SSSR count). The number of thiazole rings is 1. The van der Waals surface area contributed by atoms with Crippen molar-refractivity contribution in [1.82, 2.24) is 4.98 Å². The fraction of sp³-hybridized carbons (Fsp3) is 0.286. The van der Waals surface area contributed by atoms with Crippen molar-refractivity contribution in [3.63, 3.8) is 0 Å². The number of halogens is 1. The average Bonchev–Trinajstić information content (AvgIpc) is 3.07. The molecule has 1 fully saturated rings. The van der Waals surface area contributed by atoms with Gasteiger partial charge in [0.2, 0.25) is 0 Å². The second kappa shape index (κ2) is 6.03. The molecule has 5 nitrogen and oxygen atoms in total. The second-order valence-corrected chi connectivity index (χ2v) is 6.76. The van der Waals surface area contributed by atoms with E-state index >= 15 is 0 Å². The summed E-state index contributed by atoms with van der Waals surface area (Å²) in [6.45, 7) is 1.97. The molecule has 21 heavy (non-hydrogen) atoms. The van der Waals surface area contributed by atoms with Crippen molar-refractivity contribution in [2.45, 2.75) is 12.8 Å². The largest absolute Gasteiger partial charge is 0.382 e.